The summed E-state index contributed by atoms with van der Waals surface area (Å²) in [6, 6.07) is 16.6. The number of benzene rings is 2. The minimum absolute atomic E-state index is 0.269. The molecular formula is C14H11NO2. The van der Waals surface area contributed by atoms with Crippen LogP contribution < -0.4 is 10.1 Å². The number of anilines is 1. The normalized spacial score (nSPS) is 17.9. The fourth-order valence-corrected chi connectivity index (χ4v) is 1.92. The van der Waals surface area contributed by atoms with E-state index < -0.39 is 6.04 Å². The molecule has 0 saturated heterocycles. The molecule has 0 unspecified atom stereocenters. The highest BCUT2D eigenvalue weighted by Crippen LogP contribution is 2.33. The standard InChI is InChI=1S/C14H11NO2/c16-14-13(10-6-2-1-3-7-10)15-11-8-4-5-9-12(11)17-14/h1-9,13,15H/t13-/m1/s1. The Morgan fingerprint density at radius 3 is 2.47 bits per heavy atom. The summed E-state index contributed by atoms with van der Waals surface area (Å²) in [6.45, 7) is 0. The van der Waals surface area contributed by atoms with E-state index in [-0.39, 0.29) is 5.97 Å². The predicted octanol–water partition coefficient (Wildman–Crippen LogP) is 2.76. The number of carbonyl (C=O) groups excluding carboxylic acids is 1. The van der Waals surface area contributed by atoms with Crippen LogP contribution in [0.1, 0.15) is 11.6 Å². The van der Waals surface area contributed by atoms with Crippen LogP contribution >= 0.6 is 0 Å². The molecule has 1 heterocycles. The summed E-state index contributed by atoms with van der Waals surface area (Å²) in [4.78, 5) is 11.9. The largest absolute Gasteiger partial charge is 0.423 e. The molecule has 17 heavy (non-hydrogen) atoms. The van der Waals surface area contributed by atoms with Crippen LogP contribution in [0.4, 0.5) is 5.69 Å². The van der Waals surface area contributed by atoms with Gasteiger partial charge in [-0.1, -0.05) is 42.5 Å². The van der Waals surface area contributed by atoms with Gasteiger partial charge in [0.05, 0.1) is 5.69 Å². The average molecular weight is 225 g/mol. The molecule has 0 spiro atoms. The minimum atomic E-state index is -0.425. The summed E-state index contributed by atoms with van der Waals surface area (Å²) in [5, 5.41) is 3.19. The molecule has 0 aromatic heterocycles. The van der Waals surface area contributed by atoms with E-state index in [0.29, 0.717) is 5.75 Å². The fraction of sp³-hybridized carbons (Fsp3) is 0.0714. The fourth-order valence-electron chi connectivity index (χ4n) is 1.92. The van der Waals surface area contributed by atoms with E-state index in [1.807, 2.05) is 48.5 Å². The van der Waals surface area contributed by atoms with Crippen LogP contribution in [0, 0.1) is 0 Å². The molecule has 0 saturated carbocycles. The summed E-state index contributed by atoms with van der Waals surface area (Å²) in [5.41, 5.74) is 1.76. The average Bonchev–Trinajstić information content (AvgIpc) is 2.39. The van der Waals surface area contributed by atoms with Crippen LogP contribution in [0.3, 0.4) is 0 Å². The molecule has 3 rings (SSSR count). The van der Waals surface area contributed by atoms with Crippen LogP contribution in [0.25, 0.3) is 0 Å². The molecule has 1 aliphatic rings. The quantitative estimate of drug-likeness (QED) is 0.599. The highest BCUT2D eigenvalue weighted by molar-refractivity contribution is 5.87. The molecular weight excluding hydrogens is 214 g/mol. The highest BCUT2D eigenvalue weighted by atomic mass is 16.5. The maximum absolute atomic E-state index is 11.9. The van der Waals surface area contributed by atoms with Crippen molar-refractivity contribution in [3.63, 3.8) is 0 Å². The topological polar surface area (TPSA) is 38.3 Å². The highest BCUT2D eigenvalue weighted by Gasteiger charge is 2.28. The number of para-hydroxylation sites is 2. The van der Waals surface area contributed by atoms with E-state index in [2.05, 4.69) is 5.32 Å². The van der Waals surface area contributed by atoms with Gasteiger partial charge in [0.1, 0.15) is 0 Å². The van der Waals surface area contributed by atoms with E-state index >= 15 is 0 Å². The first-order chi connectivity index (χ1) is 8.34. The van der Waals surface area contributed by atoms with Crippen molar-refractivity contribution in [2.75, 3.05) is 5.32 Å². The maximum Gasteiger partial charge on any atom is 0.338 e. The molecule has 3 heteroatoms. The summed E-state index contributed by atoms with van der Waals surface area (Å²) >= 11 is 0. The first kappa shape index (κ1) is 9.90. The van der Waals surface area contributed by atoms with Crippen molar-refractivity contribution in [2.45, 2.75) is 6.04 Å². The number of hydrogen-bond acceptors (Lipinski definition) is 3. The first-order valence-electron chi connectivity index (χ1n) is 5.47. The van der Waals surface area contributed by atoms with Crippen LogP contribution in [0.2, 0.25) is 0 Å². The Balaban J connectivity index is 1.98. The molecule has 1 N–H and O–H groups in total. The Bertz CT molecular complexity index is 551. The zero-order valence-electron chi connectivity index (χ0n) is 9.09. The van der Waals surface area contributed by atoms with Crippen LogP contribution in [0.15, 0.2) is 54.6 Å². The molecule has 0 bridgehead atoms. The van der Waals surface area contributed by atoms with Gasteiger partial charge in [-0.15, -0.1) is 0 Å². The second-order valence-corrected chi connectivity index (χ2v) is 3.91. The predicted molar refractivity (Wildman–Crippen MR) is 64.9 cm³/mol. The van der Waals surface area contributed by atoms with Crippen LogP contribution in [0.5, 0.6) is 5.75 Å². The first-order valence-corrected chi connectivity index (χ1v) is 5.47. The van der Waals surface area contributed by atoms with Crippen molar-refractivity contribution in [1.29, 1.82) is 0 Å². The van der Waals surface area contributed by atoms with Crippen molar-refractivity contribution >= 4 is 11.7 Å². The molecule has 0 amide bonds. The van der Waals surface area contributed by atoms with Gasteiger partial charge in [0.15, 0.2) is 11.8 Å². The summed E-state index contributed by atoms with van der Waals surface area (Å²) in [7, 11) is 0. The van der Waals surface area contributed by atoms with E-state index in [4.69, 9.17) is 4.74 Å². The van der Waals surface area contributed by atoms with Crippen LogP contribution in [-0.4, -0.2) is 5.97 Å². The van der Waals surface area contributed by atoms with Gasteiger partial charge >= 0.3 is 5.97 Å². The minimum Gasteiger partial charge on any atom is -0.423 e. The summed E-state index contributed by atoms with van der Waals surface area (Å²) in [5.74, 6) is 0.319. The Kier molecular flexibility index (Phi) is 2.29. The molecule has 0 fully saturated rings. The molecule has 0 radical (unpaired) electrons. The van der Waals surface area contributed by atoms with Gasteiger partial charge in [-0.05, 0) is 17.7 Å². The molecule has 0 aliphatic carbocycles. The monoisotopic (exact) mass is 225 g/mol. The van der Waals surface area contributed by atoms with Gasteiger partial charge in [0.2, 0.25) is 0 Å². The Morgan fingerprint density at radius 2 is 1.65 bits per heavy atom. The van der Waals surface area contributed by atoms with Gasteiger partial charge in [-0.25, -0.2) is 4.79 Å². The zero-order valence-corrected chi connectivity index (χ0v) is 9.09. The van der Waals surface area contributed by atoms with Gasteiger partial charge in [0.25, 0.3) is 0 Å². The second-order valence-electron chi connectivity index (χ2n) is 3.91. The SMILES string of the molecule is O=C1Oc2ccccc2N[C@@H]1c1ccccc1. The lowest BCUT2D eigenvalue weighted by Crippen LogP contribution is -2.29. The van der Waals surface area contributed by atoms with Gasteiger partial charge in [-0.3, -0.25) is 0 Å². The van der Waals surface area contributed by atoms with E-state index in [1.54, 1.807) is 6.07 Å². The number of esters is 1. The molecule has 2 aromatic carbocycles. The number of fused-ring (bicyclic) bond motifs is 1. The number of nitrogens with one attached hydrogen (secondary N) is 1. The molecule has 1 aliphatic heterocycles. The summed E-state index contributed by atoms with van der Waals surface area (Å²) < 4.78 is 5.30. The third-order valence-electron chi connectivity index (χ3n) is 2.77. The smallest absolute Gasteiger partial charge is 0.338 e. The molecule has 2 aromatic rings. The van der Waals surface area contributed by atoms with E-state index in [0.717, 1.165) is 11.3 Å². The number of ether oxygens (including phenoxy) is 1. The Labute approximate surface area is 99.0 Å². The molecule has 84 valence electrons. The third-order valence-corrected chi connectivity index (χ3v) is 2.77. The van der Waals surface area contributed by atoms with E-state index in [1.165, 1.54) is 0 Å². The number of carbonyl (C=O) groups is 1. The van der Waals surface area contributed by atoms with Crippen molar-refractivity contribution < 1.29 is 9.53 Å². The van der Waals surface area contributed by atoms with E-state index in [9.17, 15) is 4.79 Å². The number of rotatable bonds is 1. The van der Waals surface area contributed by atoms with Crippen molar-refractivity contribution in [3.05, 3.63) is 60.2 Å². The molecule has 3 nitrogen and oxygen atoms in total. The van der Waals surface area contributed by atoms with Gasteiger partial charge in [-0.2, -0.15) is 0 Å². The van der Waals surface area contributed by atoms with Crippen LogP contribution in [-0.2, 0) is 4.79 Å². The maximum atomic E-state index is 11.9. The zero-order chi connectivity index (χ0) is 11.7. The Morgan fingerprint density at radius 1 is 0.941 bits per heavy atom. The third kappa shape index (κ3) is 1.76. The van der Waals surface area contributed by atoms with Gasteiger partial charge in [0, 0.05) is 0 Å². The lowest BCUT2D eigenvalue weighted by atomic mass is 10.1. The lowest BCUT2D eigenvalue weighted by Gasteiger charge is -2.25. The number of hydrogen-bond donors (Lipinski definition) is 1. The van der Waals surface area contributed by atoms with Gasteiger partial charge < -0.3 is 10.1 Å². The Hall–Kier alpha value is -2.29. The summed E-state index contributed by atoms with van der Waals surface area (Å²) in [6.07, 6.45) is 0. The second kappa shape index (κ2) is 3.94. The van der Waals surface area contributed by atoms with Crippen molar-refractivity contribution in [2.24, 2.45) is 0 Å². The lowest BCUT2D eigenvalue weighted by molar-refractivity contribution is -0.136. The van der Waals surface area contributed by atoms with Crippen molar-refractivity contribution in [1.82, 2.24) is 0 Å². The molecule has 1 atom stereocenters. The van der Waals surface area contributed by atoms with Crippen molar-refractivity contribution in [3.8, 4) is 5.75 Å².